The van der Waals surface area contributed by atoms with Crippen molar-refractivity contribution in [3.05, 3.63) is 95.1 Å². The van der Waals surface area contributed by atoms with Crippen LogP contribution in [-0.4, -0.2) is 34.7 Å². The van der Waals surface area contributed by atoms with Gasteiger partial charge in [-0.3, -0.25) is 10.1 Å². The fourth-order valence-electron chi connectivity index (χ4n) is 5.35. The highest BCUT2D eigenvalue weighted by Crippen LogP contribution is 2.35. The molecule has 8 heteroatoms. The van der Waals surface area contributed by atoms with Gasteiger partial charge in [-0.05, 0) is 87.2 Å². The van der Waals surface area contributed by atoms with Crippen LogP contribution in [0.4, 0.5) is 16.3 Å². The third-order valence-electron chi connectivity index (χ3n) is 7.75. The highest BCUT2D eigenvalue weighted by atomic mass is 16.3. The summed E-state index contributed by atoms with van der Waals surface area (Å²) < 4.78 is 7.34. The van der Waals surface area contributed by atoms with Crippen LogP contribution in [0, 0.1) is 19.8 Å². The van der Waals surface area contributed by atoms with Crippen molar-refractivity contribution in [3.8, 4) is 5.69 Å². The van der Waals surface area contributed by atoms with E-state index in [1.54, 1.807) is 10.9 Å². The summed E-state index contributed by atoms with van der Waals surface area (Å²) in [5.41, 5.74) is 5.11. The van der Waals surface area contributed by atoms with Crippen molar-refractivity contribution in [1.82, 2.24) is 15.1 Å². The molecule has 0 radical (unpaired) electrons. The number of ketones is 1. The van der Waals surface area contributed by atoms with Gasteiger partial charge in [-0.1, -0.05) is 50.6 Å². The Morgan fingerprint density at radius 1 is 0.976 bits per heavy atom. The Hall–Kier alpha value is -4.17. The average Bonchev–Trinajstić information content (AvgIpc) is 3.57. The van der Waals surface area contributed by atoms with Gasteiger partial charge in [0, 0.05) is 17.2 Å². The summed E-state index contributed by atoms with van der Waals surface area (Å²) in [6.07, 6.45) is 3.41. The van der Waals surface area contributed by atoms with Crippen LogP contribution in [0.3, 0.4) is 0 Å². The number of nitrogens with zero attached hydrogens (tertiary/aromatic N) is 2. The summed E-state index contributed by atoms with van der Waals surface area (Å²) >= 11 is 0. The first-order chi connectivity index (χ1) is 19.6. The summed E-state index contributed by atoms with van der Waals surface area (Å²) in [5, 5.41) is 14.1. The van der Waals surface area contributed by atoms with Crippen molar-refractivity contribution < 1.29 is 14.0 Å². The van der Waals surface area contributed by atoms with Crippen molar-refractivity contribution >= 4 is 23.3 Å². The molecule has 214 valence electrons. The zero-order chi connectivity index (χ0) is 29.1. The molecular weight excluding hydrogens is 514 g/mol. The number of hydrogen-bond acceptors (Lipinski definition) is 5. The van der Waals surface area contributed by atoms with Crippen LogP contribution < -0.4 is 16.0 Å². The quantitative estimate of drug-likeness (QED) is 0.214. The second-order valence-corrected chi connectivity index (χ2v) is 12.0. The number of benzene rings is 2. The number of urea groups is 1. The van der Waals surface area contributed by atoms with E-state index >= 15 is 0 Å². The van der Waals surface area contributed by atoms with E-state index in [1.807, 2.05) is 74.5 Å². The summed E-state index contributed by atoms with van der Waals surface area (Å²) in [5.74, 6) is 0.934. The van der Waals surface area contributed by atoms with E-state index in [4.69, 9.17) is 9.52 Å². The number of piperidine rings is 1. The highest BCUT2D eigenvalue weighted by Gasteiger charge is 2.33. The van der Waals surface area contributed by atoms with Crippen LogP contribution in [0.25, 0.3) is 5.69 Å². The maximum absolute atomic E-state index is 13.6. The largest absolute Gasteiger partial charge is 0.461 e. The molecule has 1 atom stereocenters. The number of amides is 2. The molecule has 2 aromatic carbocycles. The van der Waals surface area contributed by atoms with Gasteiger partial charge in [0.15, 0.2) is 5.76 Å². The third kappa shape index (κ3) is 6.43. The monoisotopic (exact) mass is 553 g/mol. The zero-order valence-electron chi connectivity index (χ0n) is 24.5. The molecule has 0 saturated carbocycles. The molecule has 1 aliphatic heterocycles. The van der Waals surface area contributed by atoms with Crippen LogP contribution in [0.15, 0.2) is 71.3 Å². The van der Waals surface area contributed by atoms with E-state index in [9.17, 15) is 9.59 Å². The Bertz CT molecular complexity index is 1500. The lowest BCUT2D eigenvalue weighted by Crippen LogP contribution is -2.33. The normalized spacial score (nSPS) is 15.0. The molecule has 1 saturated heterocycles. The molecule has 3 N–H and O–H groups in total. The second kappa shape index (κ2) is 11.7. The SMILES string of the molecule is Cc1ccc(-n2nc(C(C)(C)C)cc2NC(=O)Nc2ccc(C(C(=O)c3occc3C)C3CCNCC3)cc2)cc1. The number of nitrogens with one attached hydrogen (secondary N) is 3. The predicted octanol–water partition coefficient (Wildman–Crippen LogP) is 6.99. The van der Waals surface area contributed by atoms with Crippen LogP contribution in [0.5, 0.6) is 0 Å². The Morgan fingerprint density at radius 3 is 2.27 bits per heavy atom. The molecule has 8 nitrogen and oxygen atoms in total. The Kier molecular flexibility index (Phi) is 8.13. The van der Waals surface area contributed by atoms with E-state index in [1.165, 1.54) is 0 Å². The van der Waals surface area contributed by atoms with Crippen LogP contribution in [0.2, 0.25) is 0 Å². The van der Waals surface area contributed by atoms with Gasteiger partial charge in [-0.25, -0.2) is 9.48 Å². The molecule has 0 aliphatic carbocycles. The Labute approximate surface area is 241 Å². The number of anilines is 2. The third-order valence-corrected chi connectivity index (χ3v) is 7.75. The fraction of sp³-hybridized carbons (Fsp3) is 0.364. The maximum Gasteiger partial charge on any atom is 0.324 e. The van der Waals surface area contributed by atoms with Crippen molar-refractivity contribution in [2.45, 2.75) is 58.8 Å². The van der Waals surface area contributed by atoms with Crippen LogP contribution >= 0.6 is 0 Å². The fourth-order valence-corrected chi connectivity index (χ4v) is 5.35. The van der Waals surface area contributed by atoms with Gasteiger partial charge in [0.1, 0.15) is 5.82 Å². The minimum Gasteiger partial charge on any atom is -0.461 e. The van der Waals surface area contributed by atoms with E-state index in [-0.39, 0.29) is 29.1 Å². The number of aromatic nitrogens is 2. The molecule has 4 aromatic rings. The standard InChI is InChI=1S/C33H39N5O3/c1-21-6-12-26(13-7-21)38-28(20-27(37-38)33(3,4)5)36-32(40)35-25-10-8-23(9-11-25)29(24-14-17-34-18-15-24)30(39)31-22(2)16-19-41-31/h6-13,16,19-20,24,29,34H,14-15,17-18H2,1-5H3,(H2,35,36,40). The summed E-state index contributed by atoms with van der Waals surface area (Å²) in [6.45, 7) is 12.0. The molecular formula is C33H39N5O3. The van der Waals surface area contributed by atoms with Gasteiger partial charge < -0.3 is 15.1 Å². The highest BCUT2D eigenvalue weighted by molar-refractivity contribution is 6.01. The van der Waals surface area contributed by atoms with Gasteiger partial charge in [-0.15, -0.1) is 0 Å². The first kappa shape index (κ1) is 28.4. The van der Waals surface area contributed by atoms with E-state index in [0.717, 1.165) is 54.0 Å². The van der Waals surface area contributed by atoms with Gasteiger partial charge in [0.25, 0.3) is 0 Å². The second-order valence-electron chi connectivity index (χ2n) is 12.0. The summed E-state index contributed by atoms with van der Waals surface area (Å²) in [6, 6.07) is 19.0. The number of carbonyl (C=O) groups is 2. The van der Waals surface area contributed by atoms with Crippen LogP contribution in [-0.2, 0) is 5.41 Å². The molecule has 5 rings (SSSR count). The lowest BCUT2D eigenvalue weighted by atomic mass is 9.77. The summed E-state index contributed by atoms with van der Waals surface area (Å²) in [7, 11) is 0. The average molecular weight is 554 g/mol. The molecule has 2 aromatic heterocycles. The predicted molar refractivity (Wildman–Crippen MR) is 162 cm³/mol. The summed E-state index contributed by atoms with van der Waals surface area (Å²) in [4.78, 5) is 26.7. The van der Waals surface area contributed by atoms with Gasteiger partial charge in [-0.2, -0.15) is 5.10 Å². The number of aryl methyl sites for hydroxylation is 2. The van der Waals surface area contributed by atoms with Crippen molar-refractivity contribution in [3.63, 3.8) is 0 Å². The molecule has 41 heavy (non-hydrogen) atoms. The van der Waals surface area contributed by atoms with E-state index in [2.05, 4.69) is 36.7 Å². The number of hydrogen-bond donors (Lipinski definition) is 3. The number of Topliss-reactive ketones (excluding diaryl/α,β-unsaturated/α-hetero) is 1. The first-order valence-corrected chi connectivity index (χ1v) is 14.2. The molecule has 1 unspecified atom stereocenters. The minimum atomic E-state index is -0.372. The zero-order valence-corrected chi connectivity index (χ0v) is 24.5. The molecule has 0 spiro atoms. The van der Waals surface area contributed by atoms with Gasteiger partial charge in [0.2, 0.25) is 5.78 Å². The minimum absolute atomic E-state index is 0.0110. The number of carbonyl (C=O) groups excluding carboxylic acids is 2. The molecule has 1 fully saturated rings. The lowest BCUT2D eigenvalue weighted by molar-refractivity contribution is 0.0887. The van der Waals surface area contributed by atoms with Gasteiger partial charge in [0.05, 0.1) is 23.6 Å². The first-order valence-electron chi connectivity index (χ1n) is 14.2. The molecule has 3 heterocycles. The molecule has 1 aliphatic rings. The molecule has 2 amide bonds. The van der Waals surface area contributed by atoms with Crippen LogP contribution in [0.1, 0.15) is 72.5 Å². The topological polar surface area (TPSA) is 101 Å². The number of rotatable bonds is 7. The smallest absolute Gasteiger partial charge is 0.324 e. The van der Waals surface area contributed by atoms with E-state index in [0.29, 0.717) is 17.3 Å². The van der Waals surface area contributed by atoms with Crippen molar-refractivity contribution in [1.29, 1.82) is 0 Å². The van der Waals surface area contributed by atoms with Gasteiger partial charge >= 0.3 is 6.03 Å². The lowest BCUT2D eigenvalue weighted by Gasteiger charge is -2.30. The van der Waals surface area contributed by atoms with E-state index < -0.39 is 0 Å². The molecule has 0 bridgehead atoms. The Morgan fingerprint density at radius 2 is 1.66 bits per heavy atom. The number of furan rings is 1. The maximum atomic E-state index is 13.6. The van der Waals surface area contributed by atoms with Crippen molar-refractivity contribution in [2.24, 2.45) is 5.92 Å². The van der Waals surface area contributed by atoms with Crippen molar-refractivity contribution in [2.75, 3.05) is 23.7 Å². The Balaban J connectivity index is 1.35.